The van der Waals surface area contributed by atoms with E-state index in [1.165, 1.54) is 32.7 Å². The third kappa shape index (κ3) is 10.7. The lowest BCUT2D eigenvalue weighted by Crippen LogP contribution is -1.93. The molecule has 0 atom stereocenters. The maximum absolute atomic E-state index is 7.78. The quantitative estimate of drug-likeness (QED) is 0.132. The fourth-order valence-electron chi connectivity index (χ4n) is 24.0. The second kappa shape index (κ2) is 28.4. The van der Waals surface area contributed by atoms with Crippen molar-refractivity contribution in [1.29, 1.82) is 0 Å². The summed E-state index contributed by atoms with van der Waals surface area (Å²) in [4.78, 5) is 0. The second-order valence-electron chi connectivity index (χ2n) is 37.6. The van der Waals surface area contributed by atoms with Crippen LogP contribution < -0.4 is 0 Å². The van der Waals surface area contributed by atoms with Crippen molar-refractivity contribution in [2.45, 2.75) is 0 Å². The number of hydrogen-bond donors (Lipinski definition) is 0. The number of rotatable bonds is 9. The number of hydrogen-bond acceptors (Lipinski definition) is 8. The van der Waals surface area contributed by atoms with E-state index >= 15 is 0 Å². The molecule has 8 heterocycles. The first-order chi connectivity index (χ1) is 69.4. The van der Waals surface area contributed by atoms with Gasteiger partial charge in [-0.2, -0.15) is 0 Å². The lowest BCUT2D eigenvalue weighted by atomic mass is 9.83. The van der Waals surface area contributed by atoms with Crippen molar-refractivity contribution < 1.29 is 35.3 Å². The molecule has 0 unspecified atom stereocenters. The monoisotopic (exact) mass is 1780 g/mol. The molecule has 140 heavy (non-hydrogen) atoms. The summed E-state index contributed by atoms with van der Waals surface area (Å²) in [6, 6.07) is 153. The fourth-order valence-corrected chi connectivity index (χ4v) is 24.0. The highest BCUT2D eigenvalue weighted by Gasteiger charge is 2.32. The molecule has 0 spiro atoms. The van der Waals surface area contributed by atoms with E-state index < -0.39 is 0 Å². The van der Waals surface area contributed by atoms with E-state index in [0.717, 1.165) is 285 Å². The van der Waals surface area contributed by atoms with Crippen molar-refractivity contribution >= 4 is 240 Å². The predicted octanol–water partition coefficient (Wildman–Crippen LogP) is 38.8. The molecule has 0 radical (unpaired) electrons. The minimum absolute atomic E-state index is 0.678. The van der Waals surface area contributed by atoms with Crippen LogP contribution in [-0.2, 0) is 0 Å². The molecule has 24 aromatic carbocycles. The second-order valence-corrected chi connectivity index (χ2v) is 37.6. The van der Waals surface area contributed by atoms with Crippen LogP contribution in [0.15, 0.2) is 460 Å². The average molecular weight is 1780 g/mol. The van der Waals surface area contributed by atoms with E-state index in [4.69, 9.17) is 35.3 Å². The Hall–Kier alpha value is -18.8. The minimum atomic E-state index is 0.678. The van der Waals surface area contributed by atoms with Crippen molar-refractivity contribution in [3.05, 3.63) is 425 Å². The molecule has 8 aromatic heterocycles. The molecule has 646 valence electrons. The summed E-state index contributed by atoms with van der Waals surface area (Å²) in [5.74, 6) is 0. The minimum Gasteiger partial charge on any atom is -0.455 e. The average Bonchev–Trinajstić information content (AvgIpc) is 1.58. The Kier molecular flexibility index (Phi) is 15.4. The normalized spacial score (nSPS) is 12.4. The van der Waals surface area contributed by atoms with Crippen LogP contribution in [0, 0.1) is 0 Å². The highest BCUT2D eigenvalue weighted by atomic mass is 16.4. The molecule has 8 nitrogen and oxygen atoms in total. The molecule has 32 rings (SSSR count). The highest BCUT2D eigenvalue weighted by molar-refractivity contribution is 6.32. The molecule has 0 aliphatic carbocycles. The van der Waals surface area contributed by atoms with Crippen LogP contribution in [-0.4, -0.2) is 0 Å². The SMILES string of the molecule is c1ccc2cc(-c3c4ccccc4c(-c4cc(-c5c6oc7ccccc7c6cc6c5oc5ccccc56)cc(-c5c6oc7ccccc7c6cc6c5oc5cc(-c7cccc8c7oc7c8cc(-c8cc(-c9c%10ccccc%10c(-c%10ccc%11ccccc%11c%10)c%10ccccc9%10)cc(-c9cc%10c%11ccccc%11oc%10c%10c9oc9ccccc9%10)c8)c8oc9ccccc9c87)ccc56)c4)c4ccccc34)ccc2c1. The van der Waals surface area contributed by atoms with Gasteiger partial charge in [0.1, 0.15) is 89.3 Å². The Balaban J connectivity index is 0.626. The number of furan rings is 8. The maximum atomic E-state index is 7.78. The first-order valence-electron chi connectivity index (χ1n) is 47.7. The predicted molar refractivity (Wildman–Crippen MR) is 579 cm³/mol. The van der Waals surface area contributed by atoms with Crippen LogP contribution >= 0.6 is 0 Å². The largest absolute Gasteiger partial charge is 0.455 e. The van der Waals surface area contributed by atoms with Gasteiger partial charge in [0.25, 0.3) is 0 Å². The van der Waals surface area contributed by atoms with Crippen molar-refractivity contribution in [3.63, 3.8) is 0 Å². The topological polar surface area (TPSA) is 105 Å². The Bertz CT molecular complexity index is 11000. The molecule has 0 bridgehead atoms. The molecular formula is C132H70O8. The zero-order valence-corrected chi connectivity index (χ0v) is 74.7. The van der Waals surface area contributed by atoms with Gasteiger partial charge in [0.15, 0.2) is 0 Å². The van der Waals surface area contributed by atoms with Gasteiger partial charge in [-0.3, -0.25) is 0 Å². The zero-order chi connectivity index (χ0) is 91.0. The number of para-hydroxylation sites is 7. The summed E-state index contributed by atoms with van der Waals surface area (Å²) >= 11 is 0. The van der Waals surface area contributed by atoms with Crippen molar-refractivity contribution in [1.82, 2.24) is 0 Å². The lowest BCUT2D eigenvalue weighted by Gasteiger charge is -2.19. The summed E-state index contributed by atoms with van der Waals surface area (Å²) in [7, 11) is 0. The van der Waals surface area contributed by atoms with Gasteiger partial charge in [0.2, 0.25) is 0 Å². The maximum Gasteiger partial charge on any atom is 0.147 e. The van der Waals surface area contributed by atoms with E-state index in [2.05, 4.69) is 388 Å². The Morgan fingerprint density at radius 2 is 0.379 bits per heavy atom. The van der Waals surface area contributed by atoms with Gasteiger partial charge in [-0.15, -0.1) is 0 Å². The van der Waals surface area contributed by atoms with E-state index in [9.17, 15) is 0 Å². The molecule has 0 saturated heterocycles. The van der Waals surface area contributed by atoms with E-state index in [1.54, 1.807) is 0 Å². The molecule has 8 heteroatoms. The van der Waals surface area contributed by atoms with E-state index in [1.807, 2.05) is 36.4 Å². The third-order valence-electron chi connectivity index (χ3n) is 30.1. The molecular weight excluding hydrogens is 1710 g/mol. The third-order valence-corrected chi connectivity index (χ3v) is 30.1. The Morgan fingerprint density at radius 3 is 0.786 bits per heavy atom. The van der Waals surface area contributed by atoms with Crippen LogP contribution in [0.1, 0.15) is 0 Å². The van der Waals surface area contributed by atoms with Gasteiger partial charge < -0.3 is 35.3 Å². The van der Waals surface area contributed by atoms with E-state index in [-0.39, 0.29) is 0 Å². The Morgan fingerprint density at radius 1 is 0.107 bits per heavy atom. The van der Waals surface area contributed by atoms with Gasteiger partial charge in [0.05, 0.1) is 21.9 Å². The van der Waals surface area contributed by atoms with Crippen LogP contribution in [0.3, 0.4) is 0 Å². The first kappa shape index (κ1) is 75.6. The summed E-state index contributed by atoms with van der Waals surface area (Å²) in [6.07, 6.45) is 0. The molecule has 32 aromatic rings. The summed E-state index contributed by atoms with van der Waals surface area (Å²) in [5.41, 5.74) is 29.7. The van der Waals surface area contributed by atoms with Gasteiger partial charge in [-0.05, 0) is 258 Å². The van der Waals surface area contributed by atoms with Crippen molar-refractivity contribution in [3.8, 4) is 100 Å². The Labute approximate surface area is 794 Å². The van der Waals surface area contributed by atoms with Crippen molar-refractivity contribution in [2.24, 2.45) is 0 Å². The van der Waals surface area contributed by atoms with Crippen LogP contribution in [0.25, 0.3) is 340 Å². The van der Waals surface area contributed by atoms with Gasteiger partial charge in [-0.1, -0.05) is 303 Å². The number of fused-ring (bicyclic) bond motifs is 32. The molecule has 0 amide bonds. The van der Waals surface area contributed by atoms with Crippen molar-refractivity contribution in [2.75, 3.05) is 0 Å². The number of benzene rings is 24. The van der Waals surface area contributed by atoms with Crippen LogP contribution in [0.2, 0.25) is 0 Å². The zero-order valence-electron chi connectivity index (χ0n) is 74.7. The summed E-state index contributed by atoms with van der Waals surface area (Å²) in [6.45, 7) is 0. The van der Waals surface area contributed by atoms with Gasteiger partial charge in [-0.25, -0.2) is 0 Å². The standard InChI is InChI=1S/C132H70O8/c1-3-28-73-58-76(54-52-71(73)26-1)116-90-34-5-9-38-94(90)118(95-39-10-6-35-91(95)116)80-61-78(101-67-103-85-30-13-22-49-112(85)136-131(103)122-99-42-17-23-50-113(99)137-125(101)122)60-79(62-80)102-68-108-98-45-25-44-84(124(98)140-132(108)123-100-43-18-24-51-114(100)138-126(102)123)75-56-57-89-107-70-106-88-33-16-21-48-111(88)135-129(106)121(130(107)139-115(89)66-75)83-64-81(63-82(65-83)120-127-104(86-31-14-19-46-109(86)133-127)69-105-87-32-15-20-47-110(87)134-128(105)120)119-96-40-11-7-36-92(96)117(93-37-8-12-41-97(93)119)77-55-53-72-27-2-4-29-74(72)59-77/h1-70H. The van der Waals surface area contributed by atoms with Gasteiger partial charge in [0, 0.05) is 92.1 Å². The summed E-state index contributed by atoms with van der Waals surface area (Å²) < 4.78 is 58.9. The first-order valence-corrected chi connectivity index (χ1v) is 47.7. The van der Waals surface area contributed by atoms with Crippen LogP contribution in [0.4, 0.5) is 0 Å². The van der Waals surface area contributed by atoms with Crippen LogP contribution in [0.5, 0.6) is 0 Å². The van der Waals surface area contributed by atoms with Gasteiger partial charge >= 0.3 is 0 Å². The molecule has 0 N–H and O–H groups in total. The molecule has 0 fully saturated rings. The smallest absolute Gasteiger partial charge is 0.147 e. The molecule has 0 aliphatic heterocycles. The van der Waals surface area contributed by atoms with E-state index in [0.29, 0.717) is 22.3 Å². The fraction of sp³-hybridized carbons (Fsp3) is 0. The summed E-state index contributed by atoms with van der Waals surface area (Å²) in [5, 5.41) is 29.3. The molecule has 0 aliphatic rings. The lowest BCUT2D eigenvalue weighted by molar-refractivity contribution is 0.657. The molecule has 0 saturated carbocycles. The highest BCUT2D eigenvalue weighted by Crippen LogP contribution is 2.57.